The summed E-state index contributed by atoms with van der Waals surface area (Å²) < 4.78 is 15.0. The van der Waals surface area contributed by atoms with Gasteiger partial charge in [-0.3, -0.25) is 0 Å². The lowest BCUT2D eigenvalue weighted by Gasteiger charge is -2.08. The molecule has 0 saturated heterocycles. The van der Waals surface area contributed by atoms with Crippen LogP contribution in [-0.4, -0.2) is 20.2 Å². The summed E-state index contributed by atoms with van der Waals surface area (Å²) in [6.07, 6.45) is 1.54. The zero-order chi connectivity index (χ0) is 14.7. The van der Waals surface area contributed by atoms with Crippen LogP contribution in [0.3, 0.4) is 0 Å². The number of rotatable bonds is 4. The molecule has 0 fully saturated rings. The van der Waals surface area contributed by atoms with Crippen molar-refractivity contribution in [2.75, 3.05) is 5.32 Å². The van der Waals surface area contributed by atoms with Crippen LogP contribution in [0.5, 0.6) is 0 Å². The Balaban J connectivity index is 1.66. The van der Waals surface area contributed by atoms with E-state index in [1.807, 2.05) is 30.3 Å². The molecular formula is C15H14FN5. The number of benzene rings is 2. The average Bonchev–Trinajstić information content (AvgIpc) is 3.03. The van der Waals surface area contributed by atoms with Crippen LogP contribution in [-0.2, 0) is 6.54 Å². The second-order valence-corrected chi connectivity index (χ2v) is 4.74. The Kier molecular flexibility index (Phi) is 3.59. The van der Waals surface area contributed by atoms with Crippen LogP contribution in [0.2, 0.25) is 0 Å². The van der Waals surface area contributed by atoms with E-state index in [0.717, 1.165) is 16.9 Å². The highest BCUT2D eigenvalue weighted by molar-refractivity contribution is 5.48. The molecule has 0 unspecified atom stereocenters. The topological polar surface area (TPSA) is 55.6 Å². The van der Waals surface area contributed by atoms with Gasteiger partial charge < -0.3 is 5.32 Å². The molecule has 0 radical (unpaired) electrons. The molecule has 1 N–H and O–H groups in total. The predicted molar refractivity (Wildman–Crippen MR) is 77.6 cm³/mol. The first kappa shape index (κ1) is 13.2. The molecule has 2 aromatic carbocycles. The van der Waals surface area contributed by atoms with Crippen molar-refractivity contribution < 1.29 is 4.39 Å². The van der Waals surface area contributed by atoms with Gasteiger partial charge in [-0.15, -0.1) is 5.10 Å². The van der Waals surface area contributed by atoms with Gasteiger partial charge in [0.25, 0.3) is 0 Å². The molecule has 0 saturated carbocycles. The van der Waals surface area contributed by atoms with E-state index in [-0.39, 0.29) is 5.82 Å². The van der Waals surface area contributed by atoms with E-state index in [2.05, 4.69) is 20.8 Å². The minimum Gasteiger partial charge on any atom is -0.381 e. The number of halogens is 1. The van der Waals surface area contributed by atoms with Crippen molar-refractivity contribution in [3.8, 4) is 5.69 Å². The summed E-state index contributed by atoms with van der Waals surface area (Å²) in [6.45, 7) is 2.33. The van der Waals surface area contributed by atoms with Gasteiger partial charge in [0.15, 0.2) is 0 Å². The maximum atomic E-state index is 13.5. The third kappa shape index (κ3) is 3.05. The van der Waals surface area contributed by atoms with Crippen LogP contribution in [0.1, 0.15) is 11.1 Å². The number of hydrogen-bond donors (Lipinski definition) is 1. The Morgan fingerprint density at radius 2 is 1.95 bits per heavy atom. The highest BCUT2D eigenvalue weighted by Gasteiger charge is 2.01. The van der Waals surface area contributed by atoms with Crippen LogP contribution in [0.15, 0.2) is 48.8 Å². The highest BCUT2D eigenvalue weighted by Crippen LogP contribution is 2.14. The SMILES string of the molecule is Cc1ccc(CNc2ccc(-n3cnnn3)cc2)cc1F. The number of aryl methyl sites for hydroxylation is 1. The fourth-order valence-corrected chi connectivity index (χ4v) is 1.96. The van der Waals surface area contributed by atoms with Gasteiger partial charge in [-0.2, -0.15) is 0 Å². The zero-order valence-electron chi connectivity index (χ0n) is 11.5. The van der Waals surface area contributed by atoms with Crippen molar-refractivity contribution in [2.24, 2.45) is 0 Å². The van der Waals surface area contributed by atoms with E-state index in [4.69, 9.17) is 0 Å². The summed E-state index contributed by atoms with van der Waals surface area (Å²) in [7, 11) is 0. The Labute approximate surface area is 121 Å². The molecule has 0 aliphatic heterocycles. The Hall–Kier alpha value is -2.76. The second-order valence-electron chi connectivity index (χ2n) is 4.74. The van der Waals surface area contributed by atoms with E-state index in [1.54, 1.807) is 23.7 Å². The molecule has 6 heteroatoms. The largest absolute Gasteiger partial charge is 0.381 e. The van der Waals surface area contributed by atoms with Crippen molar-refractivity contribution in [3.05, 3.63) is 65.7 Å². The van der Waals surface area contributed by atoms with Gasteiger partial charge in [0.2, 0.25) is 0 Å². The molecule has 0 aliphatic rings. The first-order valence-electron chi connectivity index (χ1n) is 6.55. The molecule has 1 heterocycles. The number of aromatic nitrogens is 4. The van der Waals surface area contributed by atoms with Crippen molar-refractivity contribution in [1.29, 1.82) is 0 Å². The first-order chi connectivity index (χ1) is 10.2. The Morgan fingerprint density at radius 3 is 2.62 bits per heavy atom. The first-order valence-corrected chi connectivity index (χ1v) is 6.55. The summed E-state index contributed by atoms with van der Waals surface area (Å²) in [6, 6.07) is 12.9. The lowest BCUT2D eigenvalue weighted by Crippen LogP contribution is -2.01. The molecule has 0 atom stereocenters. The van der Waals surface area contributed by atoms with Gasteiger partial charge in [-0.1, -0.05) is 12.1 Å². The van der Waals surface area contributed by atoms with Gasteiger partial charge in [0.05, 0.1) is 5.69 Å². The molecule has 0 aliphatic carbocycles. The summed E-state index contributed by atoms with van der Waals surface area (Å²) in [5, 5.41) is 14.3. The lowest BCUT2D eigenvalue weighted by molar-refractivity contribution is 0.616. The Bertz CT molecular complexity index is 722. The number of tetrazole rings is 1. The summed E-state index contributed by atoms with van der Waals surface area (Å²) >= 11 is 0. The van der Waals surface area contributed by atoms with Gasteiger partial charge >= 0.3 is 0 Å². The zero-order valence-corrected chi connectivity index (χ0v) is 11.5. The van der Waals surface area contributed by atoms with Gasteiger partial charge in [-0.25, -0.2) is 9.07 Å². The highest BCUT2D eigenvalue weighted by atomic mass is 19.1. The van der Waals surface area contributed by atoms with Crippen LogP contribution in [0, 0.1) is 12.7 Å². The van der Waals surface area contributed by atoms with Gasteiger partial charge in [0, 0.05) is 12.2 Å². The standard InChI is InChI=1S/C15H14FN5/c1-11-2-3-12(8-15(11)16)9-17-13-4-6-14(7-5-13)21-10-18-19-20-21/h2-8,10,17H,9H2,1H3. The fourth-order valence-electron chi connectivity index (χ4n) is 1.96. The molecule has 0 amide bonds. The average molecular weight is 283 g/mol. The predicted octanol–water partition coefficient (Wildman–Crippen LogP) is 2.72. The van der Waals surface area contributed by atoms with E-state index >= 15 is 0 Å². The minimum atomic E-state index is -0.177. The van der Waals surface area contributed by atoms with Crippen LogP contribution in [0.25, 0.3) is 5.69 Å². The van der Waals surface area contributed by atoms with Gasteiger partial charge in [0.1, 0.15) is 12.1 Å². The number of nitrogens with one attached hydrogen (secondary N) is 1. The molecule has 1 aromatic heterocycles. The number of anilines is 1. The quantitative estimate of drug-likeness (QED) is 0.800. The normalized spacial score (nSPS) is 10.6. The molecule has 0 bridgehead atoms. The molecular weight excluding hydrogens is 269 g/mol. The van der Waals surface area contributed by atoms with Gasteiger partial charge in [-0.05, 0) is 58.8 Å². The lowest BCUT2D eigenvalue weighted by atomic mass is 10.1. The van der Waals surface area contributed by atoms with Crippen molar-refractivity contribution in [1.82, 2.24) is 20.2 Å². The third-order valence-corrected chi connectivity index (χ3v) is 3.21. The molecule has 21 heavy (non-hydrogen) atoms. The number of nitrogens with zero attached hydrogens (tertiary/aromatic N) is 4. The fraction of sp³-hybridized carbons (Fsp3) is 0.133. The van der Waals surface area contributed by atoms with Crippen molar-refractivity contribution in [3.63, 3.8) is 0 Å². The summed E-state index contributed by atoms with van der Waals surface area (Å²) in [5.41, 5.74) is 3.40. The van der Waals surface area contributed by atoms with E-state index in [0.29, 0.717) is 12.1 Å². The summed E-state index contributed by atoms with van der Waals surface area (Å²) in [4.78, 5) is 0. The molecule has 3 aromatic rings. The monoisotopic (exact) mass is 283 g/mol. The van der Waals surface area contributed by atoms with Crippen LogP contribution in [0.4, 0.5) is 10.1 Å². The maximum absolute atomic E-state index is 13.5. The van der Waals surface area contributed by atoms with E-state index in [1.165, 1.54) is 6.33 Å². The summed E-state index contributed by atoms with van der Waals surface area (Å²) in [5.74, 6) is -0.177. The molecule has 3 rings (SSSR count). The van der Waals surface area contributed by atoms with E-state index < -0.39 is 0 Å². The Morgan fingerprint density at radius 1 is 1.14 bits per heavy atom. The molecule has 106 valence electrons. The number of hydrogen-bond acceptors (Lipinski definition) is 4. The third-order valence-electron chi connectivity index (χ3n) is 3.21. The second kappa shape index (κ2) is 5.70. The molecule has 5 nitrogen and oxygen atoms in total. The smallest absolute Gasteiger partial charge is 0.143 e. The van der Waals surface area contributed by atoms with Crippen molar-refractivity contribution in [2.45, 2.75) is 13.5 Å². The van der Waals surface area contributed by atoms with E-state index in [9.17, 15) is 4.39 Å². The molecule has 0 spiro atoms. The van der Waals surface area contributed by atoms with Crippen LogP contribution >= 0.6 is 0 Å². The maximum Gasteiger partial charge on any atom is 0.143 e. The van der Waals surface area contributed by atoms with Crippen molar-refractivity contribution >= 4 is 5.69 Å². The minimum absolute atomic E-state index is 0.177. The van der Waals surface area contributed by atoms with Crippen LogP contribution < -0.4 is 5.32 Å².